The highest BCUT2D eigenvalue weighted by Gasteiger charge is 2.07. The number of nitrogens with one attached hydrogen (secondary N) is 1. The largest absolute Gasteiger partial charge is 0.491 e. The Labute approximate surface area is 104 Å². The number of rotatable bonds is 6. The molecule has 0 radical (unpaired) electrons. The summed E-state index contributed by atoms with van der Waals surface area (Å²) in [7, 11) is 0. The van der Waals surface area contributed by atoms with Crippen LogP contribution in [0.3, 0.4) is 0 Å². The van der Waals surface area contributed by atoms with Gasteiger partial charge in [-0.1, -0.05) is 26.0 Å². The van der Waals surface area contributed by atoms with Crippen LogP contribution >= 0.6 is 0 Å². The Balaban J connectivity index is 2.41. The molecule has 0 aromatic heterocycles. The lowest BCUT2D eigenvalue weighted by Gasteiger charge is -2.16. The summed E-state index contributed by atoms with van der Waals surface area (Å²) in [5.74, 6) is 0.855. The minimum Gasteiger partial charge on any atom is -0.491 e. The van der Waals surface area contributed by atoms with Crippen molar-refractivity contribution in [3.63, 3.8) is 0 Å². The monoisotopic (exact) mass is 237 g/mol. The van der Waals surface area contributed by atoms with E-state index in [0.717, 1.165) is 11.3 Å². The minimum absolute atomic E-state index is 0.323. The Morgan fingerprint density at radius 2 is 2.00 bits per heavy atom. The molecule has 3 heteroatoms. The van der Waals surface area contributed by atoms with Crippen molar-refractivity contribution in [3.05, 3.63) is 29.3 Å². The summed E-state index contributed by atoms with van der Waals surface area (Å²) in [5, 5.41) is 12.9. The summed E-state index contributed by atoms with van der Waals surface area (Å²) in [6, 6.07) is 6.46. The first-order valence-electron chi connectivity index (χ1n) is 6.10. The predicted molar refractivity (Wildman–Crippen MR) is 70.6 cm³/mol. The van der Waals surface area contributed by atoms with Gasteiger partial charge in [0.2, 0.25) is 0 Å². The maximum Gasteiger partial charge on any atom is 0.122 e. The van der Waals surface area contributed by atoms with Gasteiger partial charge in [0.05, 0.1) is 0 Å². The fourth-order valence-electron chi connectivity index (χ4n) is 1.48. The van der Waals surface area contributed by atoms with Crippen molar-refractivity contribution in [1.82, 2.24) is 5.32 Å². The van der Waals surface area contributed by atoms with E-state index in [0.29, 0.717) is 19.2 Å². The molecule has 3 nitrogen and oxygen atoms in total. The van der Waals surface area contributed by atoms with Gasteiger partial charge in [0.1, 0.15) is 18.5 Å². The second kappa shape index (κ2) is 6.62. The van der Waals surface area contributed by atoms with Crippen LogP contribution in [0.1, 0.15) is 25.0 Å². The van der Waals surface area contributed by atoms with E-state index in [2.05, 4.69) is 25.2 Å². The zero-order valence-corrected chi connectivity index (χ0v) is 11.2. The zero-order chi connectivity index (χ0) is 12.8. The first-order valence-corrected chi connectivity index (χ1v) is 6.10. The highest BCUT2D eigenvalue weighted by molar-refractivity contribution is 5.35. The van der Waals surface area contributed by atoms with Crippen LogP contribution in [-0.2, 0) is 0 Å². The molecule has 1 aromatic carbocycles. The van der Waals surface area contributed by atoms with Gasteiger partial charge in [-0.2, -0.15) is 0 Å². The molecular formula is C14H23NO2. The predicted octanol–water partition coefficient (Wildman–Crippen LogP) is 2.04. The van der Waals surface area contributed by atoms with Gasteiger partial charge in [0.15, 0.2) is 0 Å². The second-order valence-corrected chi connectivity index (χ2v) is 4.80. The van der Waals surface area contributed by atoms with Crippen molar-refractivity contribution in [1.29, 1.82) is 0 Å². The SMILES string of the molecule is Cc1ccc(C)c(OC[C@@H](O)CNC(C)C)c1. The Hall–Kier alpha value is -1.06. The van der Waals surface area contributed by atoms with Crippen LogP contribution in [0.5, 0.6) is 5.75 Å². The normalized spacial score (nSPS) is 12.8. The third-order valence-corrected chi connectivity index (χ3v) is 2.54. The van der Waals surface area contributed by atoms with E-state index >= 15 is 0 Å². The van der Waals surface area contributed by atoms with Crippen LogP contribution in [0.4, 0.5) is 0 Å². The lowest BCUT2D eigenvalue weighted by atomic mass is 10.1. The van der Waals surface area contributed by atoms with Crippen LogP contribution in [-0.4, -0.2) is 30.4 Å². The van der Waals surface area contributed by atoms with Crippen LogP contribution in [0, 0.1) is 13.8 Å². The van der Waals surface area contributed by atoms with E-state index in [9.17, 15) is 5.11 Å². The lowest BCUT2D eigenvalue weighted by molar-refractivity contribution is 0.104. The fourth-order valence-corrected chi connectivity index (χ4v) is 1.48. The summed E-state index contributed by atoms with van der Waals surface area (Å²) in [6.07, 6.45) is -0.475. The number of hydrogen-bond acceptors (Lipinski definition) is 3. The number of benzene rings is 1. The molecule has 96 valence electrons. The molecule has 1 aromatic rings. The molecule has 0 fully saturated rings. The molecule has 0 aliphatic rings. The quantitative estimate of drug-likeness (QED) is 0.795. The van der Waals surface area contributed by atoms with Crippen molar-refractivity contribution in [2.24, 2.45) is 0 Å². The van der Waals surface area contributed by atoms with Crippen molar-refractivity contribution in [2.75, 3.05) is 13.2 Å². The maximum atomic E-state index is 9.73. The number of ether oxygens (including phenoxy) is 1. The molecule has 2 N–H and O–H groups in total. The Bertz CT molecular complexity index is 350. The number of aliphatic hydroxyl groups is 1. The van der Waals surface area contributed by atoms with Crippen molar-refractivity contribution in [2.45, 2.75) is 39.8 Å². The average Bonchev–Trinajstić information content (AvgIpc) is 2.27. The highest BCUT2D eigenvalue weighted by atomic mass is 16.5. The van der Waals surface area contributed by atoms with E-state index in [1.165, 1.54) is 5.56 Å². The van der Waals surface area contributed by atoms with E-state index in [1.807, 2.05) is 26.0 Å². The Kier molecular flexibility index (Phi) is 5.45. The summed E-state index contributed by atoms with van der Waals surface area (Å²) >= 11 is 0. The molecule has 0 aliphatic heterocycles. The summed E-state index contributed by atoms with van der Waals surface area (Å²) in [5.41, 5.74) is 2.26. The van der Waals surface area contributed by atoms with E-state index < -0.39 is 6.10 Å². The van der Waals surface area contributed by atoms with Crippen LogP contribution in [0.25, 0.3) is 0 Å². The van der Waals surface area contributed by atoms with Crippen LogP contribution < -0.4 is 10.1 Å². The van der Waals surface area contributed by atoms with Gasteiger partial charge in [0, 0.05) is 12.6 Å². The van der Waals surface area contributed by atoms with Crippen molar-refractivity contribution < 1.29 is 9.84 Å². The molecule has 0 saturated carbocycles. The molecule has 0 unspecified atom stereocenters. The Morgan fingerprint density at radius 3 is 2.65 bits per heavy atom. The van der Waals surface area contributed by atoms with Gasteiger partial charge < -0.3 is 15.2 Å². The van der Waals surface area contributed by atoms with Gasteiger partial charge >= 0.3 is 0 Å². The van der Waals surface area contributed by atoms with Crippen molar-refractivity contribution in [3.8, 4) is 5.75 Å². The first kappa shape index (κ1) is 14.0. The van der Waals surface area contributed by atoms with Crippen molar-refractivity contribution >= 4 is 0 Å². The number of hydrogen-bond donors (Lipinski definition) is 2. The number of aliphatic hydroxyl groups excluding tert-OH is 1. The third kappa shape index (κ3) is 5.20. The average molecular weight is 237 g/mol. The fraction of sp³-hybridized carbons (Fsp3) is 0.571. The topological polar surface area (TPSA) is 41.5 Å². The standard InChI is InChI=1S/C14H23NO2/c1-10(2)15-8-13(16)9-17-14-7-11(3)5-6-12(14)4/h5-7,10,13,15-16H,8-9H2,1-4H3/t13-/m0/s1. The van der Waals surface area contributed by atoms with Crippen LogP contribution in [0.2, 0.25) is 0 Å². The molecule has 0 bridgehead atoms. The first-order chi connectivity index (χ1) is 7.99. The highest BCUT2D eigenvalue weighted by Crippen LogP contribution is 2.19. The maximum absolute atomic E-state index is 9.73. The lowest BCUT2D eigenvalue weighted by Crippen LogP contribution is -2.35. The van der Waals surface area contributed by atoms with Gasteiger partial charge in [-0.25, -0.2) is 0 Å². The smallest absolute Gasteiger partial charge is 0.122 e. The molecule has 17 heavy (non-hydrogen) atoms. The second-order valence-electron chi connectivity index (χ2n) is 4.80. The van der Waals surface area contributed by atoms with Gasteiger partial charge in [-0.3, -0.25) is 0 Å². The molecule has 0 amide bonds. The summed E-state index contributed by atoms with van der Waals surface area (Å²) < 4.78 is 5.62. The summed E-state index contributed by atoms with van der Waals surface area (Å²) in [6.45, 7) is 9.03. The molecular weight excluding hydrogens is 214 g/mol. The Morgan fingerprint density at radius 1 is 1.29 bits per heavy atom. The molecule has 1 atom stereocenters. The molecule has 0 spiro atoms. The van der Waals surface area contributed by atoms with E-state index in [4.69, 9.17) is 4.74 Å². The number of aryl methyl sites for hydroxylation is 2. The van der Waals surface area contributed by atoms with E-state index in [1.54, 1.807) is 0 Å². The molecule has 0 saturated heterocycles. The minimum atomic E-state index is -0.475. The molecule has 0 heterocycles. The summed E-state index contributed by atoms with van der Waals surface area (Å²) in [4.78, 5) is 0. The van der Waals surface area contributed by atoms with Gasteiger partial charge in [-0.15, -0.1) is 0 Å². The van der Waals surface area contributed by atoms with Gasteiger partial charge in [-0.05, 0) is 31.0 Å². The van der Waals surface area contributed by atoms with Gasteiger partial charge in [0.25, 0.3) is 0 Å². The third-order valence-electron chi connectivity index (χ3n) is 2.54. The molecule has 1 rings (SSSR count). The van der Waals surface area contributed by atoms with E-state index in [-0.39, 0.29) is 0 Å². The molecule has 0 aliphatic carbocycles. The zero-order valence-electron chi connectivity index (χ0n) is 11.2. The van der Waals surface area contributed by atoms with Crippen LogP contribution in [0.15, 0.2) is 18.2 Å².